The molecule has 2 heterocycles. The molecule has 1 aliphatic heterocycles. The molecule has 0 aliphatic carbocycles. The molecule has 3 atom stereocenters. The Labute approximate surface area is 176 Å². The van der Waals surface area contributed by atoms with Crippen LogP contribution in [0.3, 0.4) is 0 Å². The van der Waals surface area contributed by atoms with Crippen LogP contribution >= 0.6 is 11.8 Å². The molecule has 8 nitrogen and oxygen atoms in total. The van der Waals surface area contributed by atoms with Gasteiger partial charge >= 0.3 is 0 Å². The zero-order valence-corrected chi connectivity index (χ0v) is 18.1. The van der Waals surface area contributed by atoms with Gasteiger partial charge in [0, 0.05) is 50.6 Å². The standard InChI is InChI=1S/C20H30N6O2S/c1-4-22-17-12-15(7-9-25-17)24-10-8-16-20(28)26(6-3)18(29-16)11-14(13-21)19(27)23-5-2/h7,9,12,14,16,18H,4-6,8,10-11H2,1-3H3,(H,23,27)(H2,22,24,25). The molecule has 1 fully saturated rings. The number of hydrogen-bond donors (Lipinski definition) is 3. The normalized spacial score (nSPS) is 19.5. The minimum Gasteiger partial charge on any atom is -0.385 e. The molecule has 2 rings (SSSR count). The summed E-state index contributed by atoms with van der Waals surface area (Å²) in [7, 11) is 0. The Morgan fingerprint density at radius 2 is 2.14 bits per heavy atom. The third-order valence-corrected chi connectivity index (χ3v) is 6.21. The summed E-state index contributed by atoms with van der Waals surface area (Å²) in [5.41, 5.74) is 0.955. The van der Waals surface area contributed by atoms with Crippen LogP contribution < -0.4 is 16.0 Å². The van der Waals surface area contributed by atoms with Crippen molar-refractivity contribution in [3.63, 3.8) is 0 Å². The second-order valence-corrected chi connectivity index (χ2v) is 8.08. The van der Waals surface area contributed by atoms with Gasteiger partial charge in [0.05, 0.1) is 16.7 Å². The average molecular weight is 419 g/mol. The Bertz CT molecular complexity index is 738. The van der Waals surface area contributed by atoms with Gasteiger partial charge in [-0.1, -0.05) is 0 Å². The first-order valence-corrected chi connectivity index (χ1v) is 11.0. The lowest BCUT2D eigenvalue weighted by Crippen LogP contribution is -2.38. The minimum absolute atomic E-state index is 0.0833. The molecule has 9 heteroatoms. The Balaban J connectivity index is 1.92. The lowest BCUT2D eigenvalue weighted by molar-refractivity contribution is -0.131. The maximum Gasteiger partial charge on any atom is 0.237 e. The smallest absolute Gasteiger partial charge is 0.237 e. The van der Waals surface area contributed by atoms with Gasteiger partial charge in [0.1, 0.15) is 11.7 Å². The fraction of sp³-hybridized carbons (Fsp3) is 0.600. The van der Waals surface area contributed by atoms with E-state index < -0.39 is 5.92 Å². The molecule has 1 aromatic heterocycles. The molecule has 0 spiro atoms. The molecule has 0 radical (unpaired) electrons. The number of amides is 2. The Morgan fingerprint density at radius 1 is 1.34 bits per heavy atom. The molecule has 1 aromatic rings. The summed E-state index contributed by atoms with van der Waals surface area (Å²) >= 11 is 1.56. The zero-order valence-electron chi connectivity index (χ0n) is 17.3. The summed E-state index contributed by atoms with van der Waals surface area (Å²) in [6.45, 7) is 8.29. The molecule has 0 bridgehead atoms. The van der Waals surface area contributed by atoms with E-state index in [1.54, 1.807) is 22.9 Å². The van der Waals surface area contributed by atoms with Crippen LogP contribution in [-0.2, 0) is 9.59 Å². The summed E-state index contributed by atoms with van der Waals surface area (Å²) < 4.78 is 0. The first kappa shape index (κ1) is 22.8. The van der Waals surface area contributed by atoms with Gasteiger partial charge in [-0.25, -0.2) is 4.98 Å². The van der Waals surface area contributed by atoms with Crippen molar-refractivity contribution in [1.29, 1.82) is 5.26 Å². The van der Waals surface area contributed by atoms with E-state index in [4.69, 9.17) is 0 Å². The number of pyridine rings is 1. The van der Waals surface area contributed by atoms with E-state index in [0.717, 1.165) is 18.1 Å². The first-order valence-electron chi connectivity index (χ1n) is 10.1. The zero-order chi connectivity index (χ0) is 21.2. The van der Waals surface area contributed by atoms with E-state index in [9.17, 15) is 14.9 Å². The van der Waals surface area contributed by atoms with E-state index in [1.165, 1.54) is 0 Å². The van der Waals surface area contributed by atoms with Crippen LogP contribution in [0.15, 0.2) is 18.3 Å². The Kier molecular flexibility index (Phi) is 9.06. The first-order chi connectivity index (χ1) is 14.0. The number of anilines is 2. The Morgan fingerprint density at radius 3 is 2.79 bits per heavy atom. The summed E-state index contributed by atoms with van der Waals surface area (Å²) in [4.78, 5) is 30.9. The topological polar surface area (TPSA) is 110 Å². The predicted molar refractivity (Wildman–Crippen MR) is 116 cm³/mol. The third-order valence-electron chi connectivity index (χ3n) is 4.68. The number of nitriles is 1. The van der Waals surface area contributed by atoms with Crippen LogP contribution in [0.5, 0.6) is 0 Å². The highest BCUT2D eigenvalue weighted by atomic mass is 32.2. The quantitative estimate of drug-likeness (QED) is 0.506. The van der Waals surface area contributed by atoms with Crippen LogP contribution in [0, 0.1) is 17.2 Å². The lowest BCUT2D eigenvalue weighted by Gasteiger charge is -2.23. The van der Waals surface area contributed by atoms with Crippen LogP contribution in [-0.4, -0.2) is 58.5 Å². The van der Waals surface area contributed by atoms with Crippen molar-refractivity contribution in [2.75, 3.05) is 36.8 Å². The monoisotopic (exact) mass is 418 g/mol. The van der Waals surface area contributed by atoms with Crippen LogP contribution in [0.4, 0.5) is 11.5 Å². The molecule has 3 N–H and O–H groups in total. The van der Waals surface area contributed by atoms with E-state index in [-0.39, 0.29) is 22.4 Å². The second kappa shape index (κ2) is 11.5. The fourth-order valence-corrected chi connectivity index (χ4v) is 4.85. The number of thioether (sulfide) groups is 1. The molecular formula is C20H30N6O2S. The van der Waals surface area contributed by atoms with Crippen molar-refractivity contribution >= 4 is 35.1 Å². The summed E-state index contributed by atoms with van der Waals surface area (Å²) in [5, 5.41) is 18.3. The number of hydrogen-bond acceptors (Lipinski definition) is 7. The summed E-state index contributed by atoms with van der Waals surface area (Å²) in [6, 6.07) is 5.92. The highest BCUT2D eigenvalue weighted by molar-refractivity contribution is 8.01. The number of aromatic nitrogens is 1. The van der Waals surface area contributed by atoms with Gasteiger partial charge in [-0.2, -0.15) is 5.26 Å². The van der Waals surface area contributed by atoms with E-state index in [0.29, 0.717) is 32.5 Å². The largest absolute Gasteiger partial charge is 0.385 e. The highest BCUT2D eigenvalue weighted by Crippen LogP contribution is 2.36. The predicted octanol–water partition coefficient (Wildman–Crippen LogP) is 2.27. The molecule has 3 unspecified atom stereocenters. The Hall–Kier alpha value is -2.47. The fourth-order valence-electron chi connectivity index (χ4n) is 3.27. The van der Waals surface area contributed by atoms with Gasteiger partial charge < -0.3 is 20.9 Å². The van der Waals surface area contributed by atoms with Crippen molar-refractivity contribution in [2.45, 2.75) is 44.2 Å². The van der Waals surface area contributed by atoms with Crippen LogP contribution in [0.1, 0.15) is 33.6 Å². The van der Waals surface area contributed by atoms with Crippen molar-refractivity contribution in [1.82, 2.24) is 15.2 Å². The van der Waals surface area contributed by atoms with Gasteiger partial charge in [-0.05, 0) is 33.3 Å². The number of nitrogens with zero attached hydrogens (tertiary/aromatic N) is 3. The summed E-state index contributed by atoms with van der Waals surface area (Å²) in [6.07, 6.45) is 2.77. The SMILES string of the molecule is CCNC(=O)C(C#N)CC1SC(CCNc2ccnc(NCC)c2)C(=O)N1CC. The highest BCUT2D eigenvalue weighted by Gasteiger charge is 2.40. The molecule has 158 valence electrons. The van der Waals surface area contributed by atoms with E-state index in [2.05, 4.69) is 27.0 Å². The molecule has 29 heavy (non-hydrogen) atoms. The number of carbonyl (C=O) groups excluding carboxylic acids is 2. The molecule has 1 saturated heterocycles. The van der Waals surface area contributed by atoms with Crippen molar-refractivity contribution in [2.24, 2.45) is 5.92 Å². The molecule has 2 amide bonds. The third kappa shape index (κ3) is 6.26. The van der Waals surface area contributed by atoms with E-state index in [1.807, 2.05) is 32.9 Å². The number of nitrogens with one attached hydrogen (secondary N) is 3. The van der Waals surface area contributed by atoms with Gasteiger partial charge in [-0.3, -0.25) is 9.59 Å². The van der Waals surface area contributed by atoms with Gasteiger partial charge in [0.15, 0.2) is 0 Å². The molecule has 0 saturated carbocycles. The number of carbonyl (C=O) groups is 2. The van der Waals surface area contributed by atoms with Gasteiger partial charge in [0.25, 0.3) is 0 Å². The summed E-state index contributed by atoms with van der Waals surface area (Å²) in [5.74, 6) is -0.111. The van der Waals surface area contributed by atoms with Gasteiger partial charge in [-0.15, -0.1) is 11.8 Å². The van der Waals surface area contributed by atoms with Gasteiger partial charge in [0.2, 0.25) is 11.8 Å². The lowest BCUT2D eigenvalue weighted by atomic mass is 10.1. The molecule has 0 aromatic carbocycles. The maximum atomic E-state index is 12.8. The van der Waals surface area contributed by atoms with Crippen molar-refractivity contribution in [3.05, 3.63) is 18.3 Å². The maximum absolute atomic E-state index is 12.8. The van der Waals surface area contributed by atoms with Crippen molar-refractivity contribution in [3.8, 4) is 6.07 Å². The minimum atomic E-state index is -0.743. The van der Waals surface area contributed by atoms with Crippen LogP contribution in [0.25, 0.3) is 0 Å². The van der Waals surface area contributed by atoms with Crippen molar-refractivity contribution < 1.29 is 9.59 Å². The number of rotatable bonds is 11. The molecular weight excluding hydrogens is 388 g/mol. The van der Waals surface area contributed by atoms with E-state index >= 15 is 0 Å². The average Bonchev–Trinajstić information content (AvgIpc) is 3.01. The van der Waals surface area contributed by atoms with Crippen LogP contribution in [0.2, 0.25) is 0 Å². The molecule has 1 aliphatic rings. The second-order valence-electron chi connectivity index (χ2n) is 6.69.